The third-order valence-corrected chi connectivity index (χ3v) is 4.05. The molecule has 1 atom stereocenters. The fourth-order valence-electron chi connectivity index (χ4n) is 3.11. The molecule has 0 radical (unpaired) electrons. The molecule has 1 aliphatic rings. The molecule has 1 heterocycles. The number of hydrogen-bond acceptors (Lipinski definition) is 3. The lowest BCUT2D eigenvalue weighted by molar-refractivity contribution is -0.0524. The van der Waals surface area contributed by atoms with Crippen LogP contribution in [0.1, 0.15) is 50.1 Å². The van der Waals surface area contributed by atoms with E-state index in [0.29, 0.717) is 0 Å². The lowest BCUT2D eigenvalue weighted by Crippen LogP contribution is -2.44. The first-order chi connectivity index (χ1) is 8.32. The van der Waals surface area contributed by atoms with E-state index in [9.17, 15) is 0 Å². The van der Waals surface area contributed by atoms with Gasteiger partial charge in [0.1, 0.15) is 0 Å². The number of likely N-dealkylation sites (N-methyl/N-ethyl adjacent to an activating group) is 1. The van der Waals surface area contributed by atoms with Crippen molar-refractivity contribution in [2.75, 3.05) is 14.2 Å². The Bertz CT molecular complexity index is 313. The number of ether oxygens (including phenoxy) is 1. The van der Waals surface area contributed by atoms with Gasteiger partial charge in [-0.25, -0.2) is 0 Å². The highest BCUT2D eigenvalue weighted by molar-refractivity contribution is 5.17. The molecule has 0 aromatic carbocycles. The van der Waals surface area contributed by atoms with E-state index in [-0.39, 0.29) is 11.6 Å². The van der Waals surface area contributed by atoms with Gasteiger partial charge in [-0.3, -0.25) is 0 Å². The minimum Gasteiger partial charge on any atom is -0.472 e. The number of nitrogens with one attached hydrogen (secondary N) is 1. The van der Waals surface area contributed by atoms with Crippen molar-refractivity contribution in [3.8, 4) is 0 Å². The molecule has 0 amide bonds. The third-order valence-electron chi connectivity index (χ3n) is 4.05. The Labute approximate surface area is 104 Å². The second kappa shape index (κ2) is 5.69. The molecule has 3 nitrogen and oxygen atoms in total. The third kappa shape index (κ3) is 2.55. The Morgan fingerprint density at radius 2 is 2.00 bits per heavy atom. The summed E-state index contributed by atoms with van der Waals surface area (Å²) in [6.45, 7) is 0. The van der Waals surface area contributed by atoms with E-state index >= 15 is 0 Å². The number of methoxy groups -OCH3 is 1. The first kappa shape index (κ1) is 12.7. The van der Waals surface area contributed by atoms with Gasteiger partial charge in [0, 0.05) is 12.7 Å². The molecule has 1 unspecified atom stereocenters. The van der Waals surface area contributed by atoms with E-state index < -0.39 is 0 Å². The molecular weight excluding hydrogens is 214 g/mol. The smallest absolute Gasteiger partial charge is 0.0951 e. The van der Waals surface area contributed by atoms with Crippen LogP contribution in [0, 0.1) is 0 Å². The van der Waals surface area contributed by atoms with Gasteiger partial charge in [0.25, 0.3) is 0 Å². The summed E-state index contributed by atoms with van der Waals surface area (Å²) < 4.78 is 11.1. The second-order valence-corrected chi connectivity index (χ2v) is 4.96. The van der Waals surface area contributed by atoms with Gasteiger partial charge in [0.15, 0.2) is 0 Å². The molecule has 2 rings (SSSR count). The molecule has 1 fully saturated rings. The first-order valence-corrected chi connectivity index (χ1v) is 6.57. The van der Waals surface area contributed by atoms with Crippen molar-refractivity contribution in [2.24, 2.45) is 0 Å². The summed E-state index contributed by atoms with van der Waals surface area (Å²) in [5.41, 5.74) is 1.12. The summed E-state index contributed by atoms with van der Waals surface area (Å²) in [4.78, 5) is 0. The molecule has 1 aromatic heterocycles. The average molecular weight is 237 g/mol. The van der Waals surface area contributed by atoms with Crippen molar-refractivity contribution >= 4 is 0 Å². The monoisotopic (exact) mass is 237 g/mol. The van der Waals surface area contributed by atoms with Crippen LogP contribution in [0.4, 0.5) is 0 Å². The van der Waals surface area contributed by atoms with Crippen LogP contribution < -0.4 is 5.32 Å². The molecule has 0 saturated heterocycles. The molecule has 96 valence electrons. The highest BCUT2D eigenvalue weighted by Gasteiger charge is 2.39. The van der Waals surface area contributed by atoms with E-state index in [1.807, 2.05) is 26.5 Å². The molecule has 1 aromatic rings. The zero-order valence-corrected chi connectivity index (χ0v) is 10.9. The van der Waals surface area contributed by atoms with Crippen LogP contribution in [0.3, 0.4) is 0 Å². The van der Waals surface area contributed by atoms with E-state index in [1.165, 1.54) is 31.2 Å². The predicted octanol–water partition coefficient (Wildman–Crippen LogP) is 3.28. The van der Waals surface area contributed by atoms with Gasteiger partial charge in [0.2, 0.25) is 0 Å². The SMILES string of the molecule is CNC(c1ccoc1)C1(OC)CCCCCC1. The van der Waals surface area contributed by atoms with Gasteiger partial charge >= 0.3 is 0 Å². The van der Waals surface area contributed by atoms with Crippen molar-refractivity contribution in [2.45, 2.75) is 50.2 Å². The minimum atomic E-state index is -0.0743. The molecule has 17 heavy (non-hydrogen) atoms. The van der Waals surface area contributed by atoms with Gasteiger partial charge < -0.3 is 14.5 Å². The van der Waals surface area contributed by atoms with Crippen molar-refractivity contribution in [3.63, 3.8) is 0 Å². The molecule has 0 aliphatic heterocycles. The highest BCUT2D eigenvalue weighted by atomic mass is 16.5. The summed E-state index contributed by atoms with van der Waals surface area (Å²) >= 11 is 0. The Morgan fingerprint density at radius 3 is 2.47 bits per heavy atom. The number of furan rings is 1. The van der Waals surface area contributed by atoms with Crippen LogP contribution >= 0.6 is 0 Å². The van der Waals surface area contributed by atoms with Crippen LogP contribution in [-0.2, 0) is 4.74 Å². The Morgan fingerprint density at radius 1 is 1.29 bits per heavy atom. The topological polar surface area (TPSA) is 34.4 Å². The summed E-state index contributed by atoms with van der Waals surface area (Å²) in [5.74, 6) is 0. The van der Waals surface area contributed by atoms with E-state index in [1.54, 1.807) is 6.26 Å². The summed E-state index contributed by atoms with van der Waals surface area (Å²) in [6.07, 6.45) is 11.0. The maximum absolute atomic E-state index is 5.93. The maximum atomic E-state index is 5.93. The van der Waals surface area contributed by atoms with Gasteiger partial charge in [-0.15, -0.1) is 0 Å². The molecule has 1 N–H and O–H groups in total. The predicted molar refractivity (Wildman–Crippen MR) is 68.0 cm³/mol. The molecule has 1 aliphatic carbocycles. The Hall–Kier alpha value is -0.800. The quantitative estimate of drug-likeness (QED) is 0.816. The van der Waals surface area contributed by atoms with Crippen LogP contribution in [0.25, 0.3) is 0 Å². The van der Waals surface area contributed by atoms with Crippen molar-refractivity contribution in [1.29, 1.82) is 0 Å². The normalized spacial score (nSPS) is 22.0. The fourth-order valence-corrected chi connectivity index (χ4v) is 3.11. The number of hydrogen-bond donors (Lipinski definition) is 1. The van der Waals surface area contributed by atoms with E-state index in [2.05, 4.69) is 5.32 Å². The largest absolute Gasteiger partial charge is 0.472 e. The van der Waals surface area contributed by atoms with Crippen molar-refractivity contribution in [1.82, 2.24) is 5.32 Å². The number of rotatable bonds is 4. The minimum absolute atomic E-state index is 0.0743. The molecule has 0 bridgehead atoms. The van der Waals surface area contributed by atoms with Crippen molar-refractivity contribution < 1.29 is 9.15 Å². The second-order valence-electron chi connectivity index (χ2n) is 4.96. The van der Waals surface area contributed by atoms with E-state index in [4.69, 9.17) is 9.15 Å². The van der Waals surface area contributed by atoms with Crippen LogP contribution in [0.2, 0.25) is 0 Å². The van der Waals surface area contributed by atoms with E-state index in [0.717, 1.165) is 12.8 Å². The molecule has 0 spiro atoms. The summed E-state index contributed by atoms with van der Waals surface area (Å²) in [5, 5.41) is 3.41. The highest BCUT2D eigenvalue weighted by Crippen LogP contribution is 2.40. The molecule has 1 saturated carbocycles. The van der Waals surface area contributed by atoms with Gasteiger partial charge in [-0.1, -0.05) is 25.7 Å². The maximum Gasteiger partial charge on any atom is 0.0951 e. The molecule has 3 heteroatoms. The van der Waals surface area contributed by atoms with Crippen molar-refractivity contribution in [3.05, 3.63) is 24.2 Å². The zero-order chi connectivity index (χ0) is 12.1. The lowest BCUT2D eigenvalue weighted by atomic mass is 9.83. The van der Waals surface area contributed by atoms with Crippen LogP contribution in [0.15, 0.2) is 23.0 Å². The first-order valence-electron chi connectivity index (χ1n) is 6.57. The van der Waals surface area contributed by atoms with Gasteiger partial charge in [-0.2, -0.15) is 0 Å². The van der Waals surface area contributed by atoms with Gasteiger partial charge in [0.05, 0.1) is 24.2 Å². The summed E-state index contributed by atoms with van der Waals surface area (Å²) in [6, 6.07) is 2.26. The van der Waals surface area contributed by atoms with Gasteiger partial charge in [-0.05, 0) is 26.0 Å². The standard InChI is InChI=1S/C14H23NO2/c1-15-13(12-7-10-17-11-12)14(16-2)8-5-3-4-6-9-14/h7,10-11,13,15H,3-6,8-9H2,1-2H3. The average Bonchev–Trinajstić information content (AvgIpc) is 2.76. The lowest BCUT2D eigenvalue weighted by Gasteiger charge is -2.38. The zero-order valence-electron chi connectivity index (χ0n) is 10.9. The Kier molecular flexibility index (Phi) is 4.24. The fraction of sp³-hybridized carbons (Fsp3) is 0.714. The van der Waals surface area contributed by atoms with Crippen LogP contribution in [0.5, 0.6) is 0 Å². The molecular formula is C14H23NO2. The van der Waals surface area contributed by atoms with Crippen LogP contribution in [-0.4, -0.2) is 19.8 Å². The summed E-state index contributed by atoms with van der Waals surface area (Å²) in [7, 11) is 3.85. The Balaban J connectivity index is 2.24.